The highest BCUT2D eigenvalue weighted by Gasteiger charge is 2.77. The van der Waals surface area contributed by atoms with E-state index in [1.165, 1.54) is 0 Å². The highest BCUT2D eigenvalue weighted by molar-refractivity contribution is 7.83. The van der Waals surface area contributed by atoms with Crippen LogP contribution in [0.25, 0.3) is 0 Å². The van der Waals surface area contributed by atoms with Gasteiger partial charge in [-0.25, -0.2) is 4.79 Å². The quantitative estimate of drug-likeness (QED) is 0.736. The highest BCUT2D eigenvalue weighted by atomic mass is 35.5. The molecule has 0 N–H and O–H groups in total. The average Bonchev–Trinajstić information content (AvgIpc) is 2.15. The maximum atomic E-state index is 12.5. The first-order chi connectivity index (χ1) is 7.69. The molecular weight excluding hydrogens is 329 g/mol. The van der Waals surface area contributed by atoms with Gasteiger partial charge in [-0.2, -0.15) is 39.2 Å². The molecule has 0 unspecified atom stereocenters. The van der Waals surface area contributed by atoms with Crippen molar-refractivity contribution in [1.29, 1.82) is 0 Å². The molecule has 0 bridgehead atoms. The lowest BCUT2D eigenvalue weighted by Gasteiger charge is -2.25. The Labute approximate surface area is 98.9 Å². The Morgan fingerprint density at radius 1 is 1.00 bits per heavy atom. The number of rotatable bonds is 4. The van der Waals surface area contributed by atoms with E-state index >= 15 is 0 Å². The van der Waals surface area contributed by atoms with Crippen molar-refractivity contribution in [3.05, 3.63) is 0 Å². The van der Waals surface area contributed by atoms with E-state index in [0.29, 0.717) is 0 Å². The average molecular weight is 329 g/mol. The Hall–Kier alpha value is -0.820. The van der Waals surface area contributed by atoms with Gasteiger partial charge >= 0.3 is 34.4 Å². The number of carbonyl (C=O) groups excluding carboxylic acids is 1. The van der Waals surface area contributed by atoms with Gasteiger partial charge in [0.2, 0.25) is 0 Å². The molecule has 0 saturated heterocycles. The summed E-state index contributed by atoms with van der Waals surface area (Å²) in [5.41, 5.74) is 0. The van der Waals surface area contributed by atoms with Crippen LogP contribution in [0.5, 0.6) is 0 Å². The van der Waals surface area contributed by atoms with E-state index in [4.69, 9.17) is 0 Å². The Morgan fingerprint density at radius 3 is 1.67 bits per heavy atom. The third kappa shape index (κ3) is 3.14. The minimum Gasteiger partial charge on any atom is -0.317 e. The number of alkyl halides is 7. The van der Waals surface area contributed by atoms with Crippen LogP contribution in [0.1, 0.15) is 0 Å². The van der Waals surface area contributed by atoms with E-state index in [0.717, 1.165) is 0 Å². The van der Waals surface area contributed by atoms with Crippen molar-refractivity contribution in [2.24, 2.45) is 0 Å². The van der Waals surface area contributed by atoms with Crippen LogP contribution >= 0.6 is 11.9 Å². The topological polar surface area (TPSA) is 69.7 Å². The van der Waals surface area contributed by atoms with Gasteiger partial charge in [0, 0.05) is 0 Å². The predicted molar refractivity (Wildman–Crippen MR) is 37.9 cm³/mol. The van der Waals surface area contributed by atoms with Crippen LogP contribution in [-0.4, -0.2) is 32.4 Å². The van der Waals surface area contributed by atoms with E-state index in [9.17, 15) is 43.9 Å². The fourth-order valence-corrected chi connectivity index (χ4v) is 0.857. The van der Waals surface area contributed by atoms with Crippen molar-refractivity contribution < 1.29 is 51.9 Å². The molecule has 0 aromatic heterocycles. The van der Waals surface area contributed by atoms with Crippen LogP contribution < -0.4 is 0 Å². The molecule has 0 spiro atoms. The predicted octanol–water partition coefficient (Wildman–Crippen LogP) is 1.78. The molecule has 0 aromatic carbocycles. The second-order valence-corrected chi connectivity index (χ2v) is 3.98. The van der Waals surface area contributed by atoms with Gasteiger partial charge in [-0.1, -0.05) is 0 Å². The molecule has 0 atom stereocenters. The van der Waals surface area contributed by atoms with E-state index in [-0.39, 0.29) is 0 Å². The van der Waals surface area contributed by atoms with Crippen molar-refractivity contribution >= 4 is 28.2 Å². The molecule has 0 aromatic rings. The van der Waals surface area contributed by atoms with Crippen molar-refractivity contribution in [1.82, 2.24) is 0 Å². The fraction of sp³-hybridized carbons (Fsp3) is 0.750. The molecule has 108 valence electrons. The maximum absolute atomic E-state index is 12.5. The van der Waals surface area contributed by atoms with E-state index in [2.05, 4.69) is 19.8 Å². The van der Waals surface area contributed by atoms with Gasteiger partial charge in [0.25, 0.3) is 0 Å². The lowest BCUT2D eigenvalue weighted by Crippen LogP contribution is -2.56. The summed E-state index contributed by atoms with van der Waals surface area (Å²) in [7, 11) is -5.67. The van der Waals surface area contributed by atoms with Crippen molar-refractivity contribution in [3.8, 4) is 0 Å². The van der Waals surface area contributed by atoms with Crippen molar-refractivity contribution in [2.75, 3.05) is 0 Å². The largest absolute Gasteiger partial charge is 0.468 e. The first-order valence-corrected chi connectivity index (χ1v) is 4.94. The zero-order valence-electron chi connectivity index (χ0n) is 7.47. The first kappa shape index (κ1) is 17.2. The van der Waals surface area contributed by atoms with Crippen LogP contribution in [0.3, 0.4) is 0 Å². The molecule has 0 fully saturated rings. The molecule has 0 radical (unpaired) electrons. The summed E-state index contributed by atoms with van der Waals surface area (Å²) in [5.74, 6) is -17.0. The van der Waals surface area contributed by atoms with Crippen LogP contribution in [0.4, 0.5) is 30.7 Å². The molecule has 0 aliphatic heterocycles. The van der Waals surface area contributed by atoms with Gasteiger partial charge in [0.1, 0.15) is 0 Å². The zero-order valence-corrected chi connectivity index (χ0v) is 9.05. The molecule has 0 aliphatic rings. The summed E-state index contributed by atoms with van der Waals surface area (Å²) in [4.78, 5) is 10.3. The van der Waals surface area contributed by atoms with Crippen LogP contribution in [0.2, 0.25) is 0 Å². The van der Waals surface area contributed by atoms with Crippen LogP contribution in [0, 0.1) is 0 Å². The minimum absolute atomic E-state index is 2.58. The molecule has 0 saturated carbocycles. The normalized spacial score (nSPS) is 14.4. The Kier molecular flexibility index (Phi) is 4.48. The van der Waals surface area contributed by atoms with Gasteiger partial charge in [0.05, 0.1) is 11.9 Å². The summed E-state index contributed by atoms with van der Waals surface area (Å²) in [6.45, 7) is 0. The Morgan fingerprint density at radius 2 is 1.39 bits per heavy atom. The lowest BCUT2D eigenvalue weighted by molar-refractivity contribution is -0.346. The molecule has 0 aliphatic carbocycles. The Bertz CT molecular complexity index is 428. The summed E-state index contributed by atoms with van der Waals surface area (Å²) in [6.07, 6.45) is -6.82. The van der Waals surface area contributed by atoms with E-state index in [1.54, 1.807) is 0 Å². The van der Waals surface area contributed by atoms with E-state index < -0.39 is 34.4 Å². The fourth-order valence-electron chi connectivity index (χ4n) is 0.464. The third-order valence-corrected chi connectivity index (χ3v) is 2.23. The van der Waals surface area contributed by atoms with Gasteiger partial charge in [-0.05, 0) is 0 Å². The summed E-state index contributed by atoms with van der Waals surface area (Å²) >= 11 is 4.07. The highest BCUT2D eigenvalue weighted by Crippen LogP contribution is 2.47. The molecule has 0 amide bonds. The third-order valence-electron chi connectivity index (χ3n) is 1.26. The zero-order chi connectivity index (χ0) is 15.0. The van der Waals surface area contributed by atoms with Gasteiger partial charge in [0.15, 0.2) is 0 Å². The summed E-state index contributed by atoms with van der Waals surface area (Å²) < 4.78 is 110. The number of carbonyl (C=O) groups is 1. The van der Waals surface area contributed by atoms with Crippen LogP contribution in [0.15, 0.2) is 0 Å². The summed E-state index contributed by atoms with van der Waals surface area (Å²) in [5, 5.41) is 0. The maximum Gasteiger partial charge on any atom is 0.468 e. The second-order valence-electron chi connectivity index (χ2n) is 2.49. The standard InChI is InChI=1S/C4ClF7O5S/c5-17-18(14,15)16-1(13)2(6,7)3(8,9)4(10,11)12. The van der Waals surface area contributed by atoms with Gasteiger partial charge in [-0.3, -0.25) is 0 Å². The first-order valence-electron chi connectivity index (χ1n) is 3.30. The monoisotopic (exact) mass is 328 g/mol. The molecule has 0 heterocycles. The van der Waals surface area contributed by atoms with E-state index in [1.807, 2.05) is 0 Å². The molecule has 0 rings (SSSR count). The summed E-state index contributed by atoms with van der Waals surface area (Å²) in [6, 6.07) is 0. The molecular formula is C4ClF7O5S. The molecule has 5 nitrogen and oxygen atoms in total. The number of hydrogen-bond donors (Lipinski definition) is 0. The number of hydrogen-bond acceptors (Lipinski definition) is 5. The van der Waals surface area contributed by atoms with Crippen molar-refractivity contribution in [2.45, 2.75) is 18.0 Å². The smallest absolute Gasteiger partial charge is 0.317 e. The van der Waals surface area contributed by atoms with Gasteiger partial charge < -0.3 is 4.18 Å². The minimum atomic E-state index is -6.85. The van der Waals surface area contributed by atoms with Gasteiger partial charge in [-0.15, -0.1) is 3.74 Å². The Balaban J connectivity index is 5.36. The molecule has 14 heteroatoms. The number of halogens is 8. The second kappa shape index (κ2) is 4.70. The van der Waals surface area contributed by atoms with Crippen molar-refractivity contribution in [3.63, 3.8) is 0 Å². The SMILES string of the molecule is O=C(OS(=O)(=O)OCl)C(F)(F)C(F)(F)C(F)(F)F. The lowest BCUT2D eigenvalue weighted by atomic mass is 10.1. The van der Waals surface area contributed by atoms with Crippen LogP contribution in [-0.2, 0) is 23.1 Å². The molecule has 18 heavy (non-hydrogen) atoms.